The third-order valence-corrected chi connectivity index (χ3v) is 3.38. The van der Waals surface area contributed by atoms with Crippen LogP contribution in [-0.2, 0) is 0 Å². The van der Waals surface area contributed by atoms with E-state index >= 15 is 0 Å². The Morgan fingerprint density at radius 1 is 0.750 bits per heavy atom. The molecule has 0 amide bonds. The number of aliphatic hydroxyl groups is 1. The van der Waals surface area contributed by atoms with Crippen LogP contribution in [0.5, 0.6) is 0 Å². The standard InChI is InChI=1S/C17H12F2O/c18-12-7-5-11(6-8-12)17(20)15-9-10-16(19)14-4-2-1-3-13(14)15/h1-10,17,20H. The molecule has 0 spiro atoms. The van der Waals surface area contributed by atoms with E-state index in [1.54, 1.807) is 30.3 Å². The summed E-state index contributed by atoms with van der Waals surface area (Å²) in [6.45, 7) is 0. The van der Waals surface area contributed by atoms with Crippen molar-refractivity contribution in [2.75, 3.05) is 0 Å². The molecule has 1 unspecified atom stereocenters. The van der Waals surface area contributed by atoms with Crippen LogP contribution >= 0.6 is 0 Å². The third kappa shape index (κ3) is 2.17. The van der Waals surface area contributed by atoms with Crippen molar-refractivity contribution in [3.63, 3.8) is 0 Å². The number of aliphatic hydroxyl groups excluding tert-OH is 1. The molecule has 3 heteroatoms. The van der Waals surface area contributed by atoms with Gasteiger partial charge in [-0.3, -0.25) is 0 Å². The first-order valence-electron chi connectivity index (χ1n) is 6.27. The monoisotopic (exact) mass is 270 g/mol. The molecule has 0 aromatic heterocycles. The molecule has 1 nitrogen and oxygen atoms in total. The Balaban J connectivity index is 2.14. The van der Waals surface area contributed by atoms with Gasteiger partial charge in [-0.05, 0) is 34.7 Å². The van der Waals surface area contributed by atoms with Gasteiger partial charge in [-0.25, -0.2) is 8.78 Å². The predicted octanol–water partition coefficient (Wildman–Crippen LogP) is 4.20. The molecule has 0 fully saturated rings. The summed E-state index contributed by atoms with van der Waals surface area (Å²) >= 11 is 0. The van der Waals surface area contributed by atoms with Crippen LogP contribution in [0.3, 0.4) is 0 Å². The van der Waals surface area contributed by atoms with E-state index in [9.17, 15) is 13.9 Å². The highest BCUT2D eigenvalue weighted by molar-refractivity contribution is 5.86. The van der Waals surface area contributed by atoms with Crippen molar-refractivity contribution >= 4 is 10.8 Å². The zero-order valence-corrected chi connectivity index (χ0v) is 10.6. The molecule has 20 heavy (non-hydrogen) atoms. The van der Waals surface area contributed by atoms with Crippen LogP contribution in [0.15, 0.2) is 60.7 Å². The van der Waals surface area contributed by atoms with Crippen molar-refractivity contribution in [3.05, 3.63) is 83.4 Å². The summed E-state index contributed by atoms with van der Waals surface area (Å²) in [7, 11) is 0. The lowest BCUT2D eigenvalue weighted by Crippen LogP contribution is -2.01. The van der Waals surface area contributed by atoms with Crippen molar-refractivity contribution in [2.24, 2.45) is 0 Å². The zero-order valence-electron chi connectivity index (χ0n) is 10.6. The van der Waals surface area contributed by atoms with Crippen LogP contribution in [0.4, 0.5) is 8.78 Å². The van der Waals surface area contributed by atoms with Gasteiger partial charge < -0.3 is 5.11 Å². The lowest BCUT2D eigenvalue weighted by molar-refractivity contribution is 0.221. The summed E-state index contributed by atoms with van der Waals surface area (Å²) in [5, 5.41) is 11.5. The van der Waals surface area contributed by atoms with Gasteiger partial charge in [-0.15, -0.1) is 0 Å². The minimum atomic E-state index is -0.916. The van der Waals surface area contributed by atoms with Crippen LogP contribution in [0, 0.1) is 11.6 Å². The molecule has 1 atom stereocenters. The highest BCUT2D eigenvalue weighted by atomic mass is 19.1. The molecule has 0 aliphatic heterocycles. The van der Waals surface area contributed by atoms with E-state index in [1.807, 2.05) is 0 Å². The van der Waals surface area contributed by atoms with Gasteiger partial charge in [0.2, 0.25) is 0 Å². The molecule has 0 aliphatic carbocycles. The molecule has 1 N–H and O–H groups in total. The third-order valence-electron chi connectivity index (χ3n) is 3.38. The normalized spacial score (nSPS) is 12.6. The molecular weight excluding hydrogens is 258 g/mol. The van der Waals surface area contributed by atoms with E-state index in [0.717, 1.165) is 0 Å². The maximum Gasteiger partial charge on any atom is 0.131 e. The average molecular weight is 270 g/mol. The highest BCUT2D eigenvalue weighted by Gasteiger charge is 2.15. The van der Waals surface area contributed by atoms with Crippen molar-refractivity contribution in [1.29, 1.82) is 0 Å². The maximum atomic E-state index is 13.8. The number of rotatable bonds is 2. The maximum absolute atomic E-state index is 13.8. The van der Waals surface area contributed by atoms with E-state index in [4.69, 9.17) is 0 Å². The SMILES string of the molecule is OC(c1ccc(F)cc1)c1ccc(F)c2ccccc12. The number of hydrogen-bond acceptors (Lipinski definition) is 1. The van der Waals surface area contributed by atoms with Gasteiger partial charge in [0.1, 0.15) is 17.7 Å². The molecule has 0 bridgehead atoms. The first kappa shape index (κ1) is 12.8. The second kappa shape index (κ2) is 5.02. The van der Waals surface area contributed by atoms with Gasteiger partial charge in [0.15, 0.2) is 0 Å². The smallest absolute Gasteiger partial charge is 0.131 e. The van der Waals surface area contributed by atoms with Gasteiger partial charge >= 0.3 is 0 Å². The summed E-state index contributed by atoms with van der Waals surface area (Å²) < 4.78 is 26.7. The fourth-order valence-corrected chi connectivity index (χ4v) is 2.35. The Morgan fingerprint density at radius 3 is 2.10 bits per heavy atom. The molecule has 3 aromatic carbocycles. The number of benzene rings is 3. The van der Waals surface area contributed by atoms with Crippen molar-refractivity contribution in [1.82, 2.24) is 0 Å². The summed E-state index contributed by atoms with van der Waals surface area (Å²) in [6.07, 6.45) is -0.916. The van der Waals surface area contributed by atoms with Crippen LogP contribution in [0.2, 0.25) is 0 Å². The van der Waals surface area contributed by atoms with Crippen LogP contribution in [-0.4, -0.2) is 5.11 Å². The summed E-state index contributed by atoms with van der Waals surface area (Å²) in [5.41, 5.74) is 1.18. The van der Waals surface area contributed by atoms with E-state index < -0.39 is 6.10 Å². The molecule has 0 aliphatic rings. The minimum Gasteiger partial charge on any atom is -0.384 e. The Kier molecular flexibility index (Phi) is 3.20. The predicted molar refractivity (Wildman–Crippen MR) is 74.4 cm³/mol. The molecular formula is C17H12F2O. The Morgan fingerprint density at radius 2 is 1.40 bits per heavy atom. The summed E-state index contributed by atoms with van der Waals surface area (Å²) in [5.74, 6) is -0.680. The molecule has 100 valence electrons. The fourth-order valence-electron chi connectivity index (χ4n) is 2.35. The molecule has 0 saturated carbocycles. The molecule has 0 radical (unpaired) electrons. The van der Waals surface area contributed by atoms with E-state index in [0.29, 0.717) is 21.9 Å². The molecule has 3 aromatic rings. The first-order chi connectivity index (χ1) is 9.66. The number of hydrogen-bond donors (Lipinski definition) is 1. The highest BCUT2D eigenvalue weighted by Crippen LogP contribution is 2.30. The van der Waals surface area contributed by atoms with E-state index in [-0.39, 0.29) is 11.6 Å². The summed E-state index contributed by atoms with van der Waals surface area (Å²) in [6, 6.07) is 15.5. The van der Waals surface area contributed by atoms with Gasteiger partial charge in [0.25, 0.3) is 0 Å². The molecule has 3 rings (SSSR count). The summed E-state index contributed by atoms with van der Waals surface area (Å²) in [4.78, 5) is 0. The fraction of sp³-hybridized carbons (Fsp3) is 0.0588. The second-order valence-electron chi connectivity index (χ2n) is 4.64. The largest absolute Gasteiger partial charge is 0.384 e. The zero-order chi connectivity index (χ0) is 14.1. The van der Waals surface area contributed by atoms with Gasteiger partial charge in [-0.1, -0.05) is 42.5 Å². The Labute approximate surface area is 115 Å². The lowest BCUT2D eigenvalue weighted by atomic mass is 9.95. The Hall–Kier alpha value is -2.26. The van der Waals surface area contributed by atoms with E-state index in [1.165, 1.54) is 30.3 Å². The number of halogens is 2. The molecule has 0 heterocycles. The van der Waals surface area contributed by atoms with Crippen molar-refractivity contribution in [2.45, 2.75) is 6.10 Å². The Bertz CT molecular complexity index is 751. The first-order valence-corrected chi connectivity index (χ1v) is 6.27. The van der Waals surface area contributed by atoms with Gasteiger partial charge in [0, 0.05) is 5.39 Å². The van der Waals surface area contributed by atoms with Crippen LogP contribution in [0.25, 0.3) is 10.8 Å². The second-order valence-corrected chi connectivity index (χ2v) is 4.64. The van der Waals surface area contributed by atoms with Crippen molar-refractivity contribution in [3.8, 4) is 0 Å². The van der Waals surface area contributed by atoms with E-state index in [2.05, 4.69) is 0 Å². The van der Waals surface area contributed by atoms with Gasteiger partial charge in [-0.2, -0.15) is 0 Å². The lowest BCUT2D eigenvalue weighted by Gasteiger charge is -2.14. The quantitative estimate of drug-likeness (QED) is 0.740. The van der Waals surface area contributed by atoms with Crippen LogP contribution < -0.4 is 0 Å². The van der Waals surface area contributed by atoms with Crippen LogP contribution in [0.1, 0.15) is 17.2 Å². The molecule has 0 saturated heterocycles. The van der Waals surface area contributed by atoms with Crippen molar-refractivity contribution < 1.29 is 13.9 Å². The average Bonchev–Trinajstić information content (AvgIpc) is 2.48. The minimum absolute atomic E-state index is 0.323. The topological polar surface area (TPSA) is 20.2 Å². The number of fused-ring (bicyclic) bond motifs is 1. The van der Waals surface area contributed by atoms with Gasteiger partial charge in [0.05, 0.1) is 0 Å².